The van der Waals surface area contributed by atoms with Crippen LogP contribution in [0.5, 0.6) is 5.75 Å². The van der Waals surface area contributed by atoms with Crippen molar-refractivity contribution in [2.75, 3.05) is 26.2 Å². The molecule has 1 aromatic carbocycles. The van der Waals surface area contributed by atoms with Crippen LogP contribution in [-0.4, -0.2) is 42.2 Å². The van der Waals surface area contributed by atoms with Crippen molar-refractivity contribution in [2.24, 2.45) is 0 Å². The lowest BCUT2D eigenvalue weighted by Gasteiger charge is -2.17. The number of para-hydroxylation sites is 1. The maximum absolute atomic E-state index is 11.6. The van der Waals surface area contributed by atoms with Gasteiger partial charge in [0.1, 0.15) is 17.9 Å². The highest BCUT2D eigenvalue weighted by atomic mass is 35.5. The Kier molecular flexibility index (Phi) is 8.16. The number of carbonyl (C=O) groups excluding carboxylic acids is 1. The molecule has 0 amide bonds. The van der Waals surface area contributed by atoms with Gasteiger partial charge in [0.05, 0.1) is 0 Å². The minimum absolute atomic E-state index is 0. The number of rotatable bonds is 6. The first-order valence-electron chi connectivity index (χ1n) is 5.86. The quantitative estimate of drug-likeness (QED) is 0.808. The van der Waals surface area contributed by atoms with Crippen LogP contribution in [0.15, 0.2) is 24.3 Å². The Labute approximate surface area is 114 Å². The summed E-state index contributed by atoms with van der Waals surface area (Å²) in [6.07, 6.45) is 0. The molecule has 0 bridgehead atoms. The molecule has 0 aliphatic heterocycles. The summed E-state index contributed by atoms with van der Waals surface area (Å²) >= 11 is 0. The van der Waals surface area contributed by atoms with Gasteiger partial charge in [0, 0.05) is 6.54 Å². The Balaban J connectivity index is 0.00000289. The number of carbonyl (C=O) groups is 1. The Morgan fingerprint density at radius 1 is 1.28 bits per heavy atom. The fourth-order valence-electron chi connectivity index (χ4n) is 1.53. The van der Waals surface area contributed by atoms with Crippen LogP contribution in [0.1, 0.15) is 24.2 Å². The SMILES string of the molecule is CCN(CC)CCOC(=O)c1ccccc1O.Cl. The van der Waals surface area contributed by atoms with Gasteiger partial charge in [-0.05, 0) is 25.2 Å². The largest absolute Gasteiger partial charge is 0.507 e. The standard InChI is InChI=1S/C13H19NO3.ClH/c1-3-14(4-2)9-10-17-13(16)11-7-5-6-8-12(11)15;/h5-8,15H,3-4,9-10H2,1-2H3;1H. The van der Waals surface area contributed by atoms with Crippen LogP contribution in [0.4, 0.5) is 0 Å². The summed E-state index contributed by atoms with van der Waals surface area (Å²) in [5.74, 6) is -0.518. The first kappa shape index (κ1) is 16.7. The van der Waals surface area contributed by atoms with Crippen LogP contribution < -0.4 is 0 Å². The third-order valence-electron chi connectivity index (χ3n) is 2.66. The normalized spacial score (nSPS) is 9.94. The summed E-state index contributed by atoms with van der Waals surface area (Å²) in [4.78, 5) is 13.8. The first-order chi connectivity index (χ1) is 8.19. The summed E-state index contributed by atoms with van der Waals surface area (Å²) in [6, 6.07) is 6.39. The van der Waals surface area contributed by atoms with E-state index in [4.69, 9.17) is 4.74 Å². The zero-order chi connectivity index (χ0) is 12.7. The van der Waals surface area contributed by atoms with Crippen LogP contribution in [0.25, 0.3) is 0 Å². The lowest BCUT2D eigenvalue weighted by molar-refractivity contribution is 0.0463. The molecule has 0 aromatic heterocycles. The minimum Gasteiger partial charge on any atom is -0.507 e. The van der Waals surface area contributed by atoms with E-state index < -0.39 is 5.97 Å². The molecule has 0 radical (unpaired) electrons. The monoisotopic (exact) mass is 273 g/mol. The van der Waals surface area contributed by atoms with E-state index in [2.05, 4.69) is 18.7 Å². The van der Waals surface area contributed by atoms with Crippen molar-refractivity contribution in [3.8, 4) is 5.75 Å². The Morgan fingerprint density at radius 3 is 2.44 bits per heavy atom. The van der Waals surface area contributed by atoms with Crippen molar-refractivity contribution >= 4 is 18.4 Å². The van der Waals surface area contributed by atoms with Crippen LogP contribution in [0.2, 0.25) is 0 Å². The number of ether oxygens (including phenoxy) is 1. The highest BCUT2D eigenvalue weighted by molar-refractivity contribution is 5.92. The van der Waals surface area contributed by atoms with E-state index in [9.17, 15) is 9.90 Å². The second-order valence-electron chi connectivity index (χ2n) is 3.68. The van der Waals surface area contributed by atoms with E-state index in [0.717, 1.165) is 13.1 Å². The third-order valence-corrected chi connectivity index (χ3v) is 2.66. The van der Waals surface area contributed by atoms with E-state index in [-0.39, 0.29) is 23.7 Å². The molecule has 0 fully saturated rings. The molecule has 1 N–H and O–H groups in total. The Bertz CT molecular complexity index is 367. The maximum atomic E-state index is 11.6. The van der Waals surface area contributed by atoms with Crippen molar-refractivity contribution in [1.82, 2.24) is 4.90 Å². The van der Waals surface area contributed by atoms with Crippen molar-refractivity contribution in [2.45, 2.75) is 13.8 Å². The maximum Gasteiger partial charge on any atom is 0.341 e. The lowest BCUT2D eigenvalue weighted by atomic mass is 10.2. The molecule has 18 heavy (non-hydrogen) atoms. The van der Waals surface area contributed by atoms with E-state index in [0.29, 0.717) is 13.2 Å². The zero-order valence-corrected chi connectivity index (χ0v) is 11.6. The highest BCUT2D eigenvalue weighted by Crippen LogP contribution is 2.16. The summed E-state index contributed by atoms with van der Waals surface area (Å²) < 4.78 is 5.10. The van der Waals surface area contributed by atoms with E-state index in [1.165, 1.54) is 6.07 Å². The number of phenols is 1. The first-order valence-corrected chi connectivity index (χ1v) is 5.86. The van der Waals surface area contributed by atoms with Crippen LogP contribution in [0.3, 0.4) is 0 Å². The smallest absolute Gasteiger partial charge is 0.341 e. The molecule has 0 saturated heterocycles. The average Bonchev–Trinajstić information content (AvgIpc) is 2.35. The van der Waals surface area contributed by atoms with E-state index in [1.54, 1.807) is 18.2 Å². The van der Waals surface area contributed by atoms with Gasteiger partial charge >= 0.3 is 5.97 Å². The lowest BCUT2D eigenvalue weighted by Crippen LogP contribution is -2.27. The molecule has 1 aromatic rings. The second-order valence-corrected chi connectivity index (χ2v) is 3.68. The van der Waals surface area contributed by atoms with Gasteiger partial charge in [-0.25, -0.2) is 4.79 Å². The zero-order valence-electron chi connectivity index (χ0n) is 10.8. The molecule has 0 heterocycles. The molecule has 0 aliphatic carbocycles. The summed E-state index contributed by atoms with van der Waals surface area (Å²) in [6.45, 7) is 7.05. The predicted octanol–water partition coefficient (Wildman–Crippen LogP) is 2.31. The van der Waals surface area contributed by atoms with Crippen LogP contribution >= 0.6 is 12.4 Å². The van der Waals surface area contributed by atoms with Crippen molar-refractivity contribution in [3.05, 3.63) is 29.8 Å². The molecule has 0 spiro atoms. The molecule has 5 heteroatoms. The molecular formula is C13H20ClNO3. The highest BCUT2D eigenvalue weighted by Gasteiger charge is 2.11. The number of halogens is 1. The van der Waals surface area contributed by atoms with Gasteiger partial charge in [-0.15, -0.1) is 12.4 Å². The van der Waals surface area contributed by atoms with Gasteiger partial charge in [0.15, 0.2) is 0 Å². The predicted molar refractivity (Wildman–Crippen MR) is 73.4 cm³/mol. The second kappa shape index (κ2) is 8.78. The fourth-order valence-corrected chi connectivity index (χ4v) is 1.53. The van der Waals surface area contributed by atoms with Gasteiger partial charge in [0.2, 0.25) is 0 Å². The molecule has 0 aliphatic rings. The summed E-state index contributed by atoms with van der Waals surface area (Å²) in [5, 5.41) is 9.47. The number of nitrogens with zero attached hydrogens (tertiary/aromatic N) is 1. The fraction of sp³-hybridized carbons (Fsp3) is 0.462. The molecule has 0 atom stereocenters. The van der Waals surface area contributed by atoms with Gasteiger partial charge in [-0.2, -0.15) is 0 Å². The van der Waals surface area contributed by atoms with E-state index >= 15 is 0 Å². The number of hydrogen-bond donors (Lipinski definition) is 1. The topological polar surface area (TPSA) is 49.8 Å². The van der Waals surface area contributed by atoms with Crippen molar-refractivity contribution < 1.29 is 14.6 Å². The average molecular weight is 274 g/mol. The van der Waals surface area contributed by atoms with E-state index in [1.807, 2.05) is 0 Å². The summed E-state index contributed by atoms with van der Waals surface area (Å²) in [7, 11) is 0. The minimum atomic E-state index is -0.477. The number of benzene rings is 1. The molecule has 0 unspecified atom stereocenters. The third kappa shape index (κ3) is 4.94. The van der Waals surface area contributed by atoms with Gasteiger partial charge in [0.25, 0.3) is 0 Å². The number of phenolic OH excluding ortho intramolecular Hbond substituents is 1. The summed E-state index contributed by atoms with van der Waals surface area (Å²) in [5.41, 5.74) is 0.215. The van der Waals surface area contributed by atoms with Crippen molar-refractivity contribution in [1.29, 1.82) is 0 Å². The molecular weight excluding hydrogens is 254 g/mol. The van der Waals surface area contributed by atoms with Crippen LogP contribution in [-0.2, 0) is 4.74 Å². The number of aromatic hydroxyl groups is 1. The molecule has 1 rings (SSSR count). The molecule has 102 valence electrons. The Hall–Kier alpha value is -1.26. The molecule has 4 nitrogen and oxygen atoms in total. The van der Waals surface area contributed by atoms with Crippen LogP contribution in [0, 0.1) is 0 Å². The van der Waals surface area contributed by atoms with Gasteiger partial charge < -0.3 is 14.7 Å². The number of likely N-dealkylation sites (N-methyl/N-ethyl adjacent to an activating group) is 1. The Morgan fingerprint density at radius 2 is 1.89 bits per heavy atom. The number of esters is 1. The van der Waals surface area contributed by atoms with Gasteiger partial charge in [-0.1, -0.05) is 26.0 Å². The molecule has 0 saturated carbocycles. The number of hydrogen-bond acceptors (Lipinski definition) is 4. The van der Waals surface area contributed by atoms with Gasteiger partial charge in [-0.3, -0.25) is 0 Å². The van der Waals surface area contributed by atoms with Crippen molar-refractivity contribution in [3.63, 3.8) is 0 Å².